The number of hydrogen-bond acceptors (Lipinski definition) is 7. The van der Waals surface area contributed by atoms with E-state index in [1.807, 2.05) is 23.6 Å². The lowest BCUT2D eigenvalue weighted by atomic mass is 10.1. The first-order chi connectivity index (χ1) is 14.1. The fourth-order valence-corrected chi connectivity index (χ4v) is 2.81. The Balaban J connectivity index is 1.90. The van der Waals surface area contributed by atoms with Crippen LogP contribution in [-0.2, 0) is 11.2 Å². The molecule has 0 spiro atoms. The quantitative estimate of drug-likeness (QED) is 0.283. The van der Waals surface area contributed by atoms with Crippen molar-refractivity contribution in [3.8, 4) is 23.0 Å². The fraction of sp³-hybridized carbons (Fsp3) is 0.190. The zero-order valence-electron chi connectivity index (χ0n) is 16.1. The van der Waals surface area contributed by atoms with Gasteiger partial charge >= 0.3 is 0 Å². The Bertz CT molecular complexity index is 959. The predicted molar refractivity (Wildman–Crippen MR) is 111 cm³/mol. The number of carbonyl (C=O) groups excluding carboxylic acids is 1. The van der Waals surface area contributed by atoms with E-state index in [0.717, 1.165) is 22.2 Å². The van der Waals surface area contributed by atoms with Crippen LogP contribution in [0.1, 0.15) is 5.56 Å². The highest BCUT2D eigenvalue weighted by Crippen LogP contribution is 2.27. The van der Waals surface area contributed by atoms with Crippen LogP contribution in [0, 0.1) is 22.0 Å². The minimum Gasteiger partial charge on any atom is -0.493 e. The number of ether oxygens (including phenoxy) is 2. The van der Waals surface area contributed by atoms with Crippen LogP contribution in [0.5, 0.6) is 11.5 Å². The van der Waals surface area contributed by atoms with Gasteiger partial charge in [-0.25, -0.2) is 0 Å². The van der Waals surface area contributed by atoms with Crippen LogP contribution in [0.2, 0.25) is 0 Å². The second kappa shape index (κ2) is 11.3. The molecule has 2 N–H and O–H groups in total. The molecular formula is C21H20N4O3S. The Kier molecular flexibility index (Phi) is 8.43. The number of anilines is 1. The maximum atomic E-state index is 12.2. The van der Waals surface area contributed by atoms with E-state index in [9.17, 15) is 10.1 Å². The lowest BCUT2D eigenvalue weighted by molar-refractivity contribution is -0.117. The van der Waals surface area contributed by atoms with E-state index in [1.165, 1.54) is 6.20 Å². The van der Waals surface area contributed by atoms with Gasteiger partial charge in [0.05, 0.1) is 14.2 Å². The van der Waals surface area contributed by atoms with Gasteiger partial charge in [-0.15, -0.1) is 0 Å². The molecule has 0 aromatic heterocycles. The van der Waals surface area contributed by atoms with Crippen LogP contribution in [0.15, 0.2) is 59.1 Å². The SMILES string of the molecule is COc1ccc(CCNC(=O)/C(C#N)=C\Nc2ccc(SC#N)cc2)cc1OC. The number of thioether (sulfide) groups is 1. The zero-order chi connectivity index (χ0) is 21.1. The number of methoxy groups -OCH3 is 2. The van der Waals surface area contributed by atoms with Gasteiger partial charge in [-0.3, -0.25) is 4.79 Å². The molecule has 0 saturated carbocycles. The van der Waals surface area contributed by atoms with Crippen molar-refractivity contribution in [1.29, 1.82) is 10.5 Å². The highest BCUT2D eigenvalue weighted by Gasteiger charge is 2.09. The van der Waals surface area contributed by atoms with Crippen molar-refractivity contribution in [2.24, 2.45) is 0 Å². The summed E-state index contributed by atoms with van der Waals surface area (Å²) in [5, 5.41) is 25.5. The molecular weight excluding hydrogens is 388 g/mol. The zero-order valence-corrected chi connectivity index (χ0v) is 16.9. The van der Waals surface area contributed by atoms with Crippen LogP contribution in [-0.4, -0.2) is 26.7 Å². The molecule has 0 bridgehead atoms. The lowest BCUT2D eigenvalue weighted by Crippen LogP contribution is -2.27. The number of nitrogens with one attached hydrogen (secondary N) is 2. The van der Waals surface area contributed by atoms with Gasteiger partial charge in [-0.1, -0.05) is 6.07 Å². The lowest BCUT2D eigenvalue weighted by Gasteiger charge is -2.10. The molecule has 8 heteroatoms. The van der Waals surface area contributed by atoms with E-state index >= 15 is 0 Å². The molecule has 0 aliphatic heterocycles. The molecule has 2 aromatic carbocycles. The molecule has 0 aliphatic carbocycles. The molecule has 0 heterocycles. The van der Waals surface area contributed by atoms with Crippen LogP contribution < -0.4 is 20.1 Å². The molecule has 0 aliphatic rings. The number of nitriles is 2. The summed E-state index contributed by atoms with van der Waals surface area (Å²) in [5.74, 6) is 0.801. The van der Waals surface area contributed by atoms with Gasteiger partial charge in [0, 0.05) is 23.3 Å². The summed E-state index contributed by atoms with van der Waals surface area (Å²) in [4.78, 5) is 13.0. The maximum absolute atomic E-state index is 12.2. The third-order valence-corrected chi connectivity index (χ3v) is 4.51. The summed E-state index contributed by atoms with van der Waals surface area (Å²) in [6.07, 6.45) is 1.94. The highest BCUT2D eigenvalue weighted by atomic mass is 32.2. The topological polar surface area (TPSA) is 107 Å². The first-order valence-corrected chi connectivity index (χ1v) is 9.44. The second-order valence-electron chi connectivity index (χ2n) is 5.73. The number of thiocyanates is 1. The highest BCUT2D eigenvalue weighted by molar-refractivity contribution is 8.03. The first kappa shape index (κ1) is 21.7. The summed E-state index contributed by atoms with van der Waals surface area (Å²) in [6, 6.07) is 14.5. The normalized spacial score (nSPS) is 10.4. The van der Waals surface area contributed by atoms with Crippen molar-refractivity contribution < 1.29 is 14.3 Å². The minimum absolute atomic E-state index is 0.0345. The average molecular weight is 408 g/mol. The monoisotopic (exact) mass is 408 g/mol. The van der Waals surface area contributed by atoms with E-state index in [-0.39, 0.29) is 5.57 Å². The summed E-state index contributed by atoms with van der Waals surface area (Å²) >= 11 is 1.06. The van der Waals surface area contributed by atoms with Crippen LogP contribution in [0.4, 0.5) is 5.69 Å². The van der Waals surface area contributed by atoms with Gasteiger partial charge in [0.25, 0.3) is 5.91 Å². The molecule has 148 valence electrons. The molecule has 0 radical (unpaired) electrons. The smallest absolute Gasteiger partial charge is 0.263 e. The number of hydrogen-bond donors (Lipinski definition) is 2. The Morgan fingerprint density at radius 3 is 2.45 bits per heavy atom. The van der Waals surface area contributed by atoms with Gasteiger partial charge in [0.15, 0.2) is 11.5 Å². The largest absolute Gasteiger partial charge is 0.493 e. The van der Waals surface area contributed by atoms with Gasteiger partial charge < -0.3 is 20.1 Å². The van der Waals surface area contributed by atoms with Crippen molar-refractivity contribution in [2.75, 3.05) is 26.1 Å². The van der Waals surface area contributed by atoms with Crippen molar-refractivity contribution in [3.63, 3.8) is 0 Å². The molecule has 1 amide bonds. The molecule has 7 nitrogen and oxygen atoms in total. The van der Waals surface area contributed by atoms with Gasteiger partial charge in [0.1, 0.15) is 17.0 Å². The summed E-state index contributed by atoms with van der Waals surface area (Å²) in [7, 11) is 3.14. The predicted octanol–water partition coefficient (Wildman–Crippen LogP) is 3.46. The number of benzene rings is 2. The van der Waals surface area contributed by atoms with E-state index in [1.54, 1.807) is 44.6 Å². The van der Waals surface area contributed by atoms with Crippen molar-refractivity contribution in [2.45, 2.75) is 11.3 Å². The summed E-state index contributed by atoms with van der Waals surface area (Å²) in [5.41, 5.74) is 1.64. The number of carbonyl (C=O) groups is 1. The molecule has 0 saturated heterocycles. The third kappa shape index (κ3) is 6.49. The van der Waals surface area contributed by atoms with Crippen molar-refractivity contribution in [1.82, 2.24) is 5.32 Å². The van der Waals surface area contributed by atoms with Gasteiger partial charge in [0.2, 0.25) is 0 Å². The second-order valence-corrected chi connectivity index (χ2v) is 6.59. The molecule has 2 rings (SSSR count). The number of rotatable bonds is 9. The van der Waals surface area contributed by atoms with Crippen LogP contribution >= 0.6 is 11.8 Å². The number of amides is 1. The van der Waals surface area contributed by atoms with E-state index in [0.29, 0.717) is 30.2 Å². The van der Waals surface area contributed by atoms with Gasteiger partial charge in [-0.2, -0.15) is 10.5 Å². The molecule has 2 aromatic rings. The Morgan fingerprint density at radius 2 is 1.83 bits per heavy atom. The molecule has 0 fully saturated rings. The van der Waals surface area contributed by atoms with E-state index < -0.39 is 5.91 Å². The molecule has 0 unspecified atom stereocenters. The fourth-order valence-electron chi connectivity index (χ4n) is 2.43. The van der Waals surface area contributed by atoms with Gasteiger partial charge in [-0.05, 0) is 60.1 Å². The minimum atomic E-state index is -0.461. The average Bonchev–Trinajstić information content (AvgIpc) is 2.75. The van der Waals surface area contributed by atoms with Crippen molar-refractivity contribution >= 4 is 23.4 Å². The Hall–Kier alpha value is -3.62. The maximum Gasteiger partial charge on any atom is 0.263 e. The standard InChI is InChI=1S/C21H20N4O3S/c1-27-19-8-3-15(11-20(19)28-2)9-10-24-21(26)16(12-22)13-25-17-4-6-18(7-5-17)29-14-23/h3-8,11,13,25H,9-10H2,1-2H3,(H,24,26)/b16-13-. The summed E-state index contributed by atoms with van der Waals surface area (Å²) < 4.78 is 10.5. The Morgan fingerprint density at radius 1 is 1.10 bits per heavy atom. The first-order valence-electron chi connectivity index (χ1n) is 8.63. The van der Waals surface area contributed by atoms with E-state index in [4.69, 9.17) is 14.7 Å². The summed E-state index contributed by atoms with van der Waals surface area (Å²) in [6.45, 7) is 0.368. The molecule has 0 atom stereocenters. The van der Waals surface area contributed by atoms with Crippen LogP contribution in [0.3, 0.4) is 0 Å². The van der Waals surface area contributed by atoms with Crippen molar-refractivity contribution in [3.05, 3.63) is 59.8 Å². The van der Waals surface area contributed by atoms with E-state index in [2.05, 4.69) is 10.6 Å². The van der Waals surface area contributed by atoms with Crippen LogP contribution in [0.25, 0.3) is 0 Å². The Labute approximate surface area is 173 Å². The number of nitrogens with zero attached hydrogens (tertiary/aromatic N) is 2. The third-order valence-electron chi connectivity index (χ3n) is 3.91. The molecule has 29 heavy (non-hydrogen) atoms.